The van der Waals surface area contributed by atoms with Crippen LogP contribution in [0.1, 0.15) is 105 Å². The minimum atomic E-state index is -2.38. The van der Waals surface area contributed by atoms with Crippen LogP contribution in [0.25, 0.3) is 0 Å². The third-order valence-corrected chi connectivity index (χ3v) is 14.8. The summed E-state index contributed by atoms with van der Waals surface area (Å²) < 4.78 is 17.4. The number of alkyl carbamates (subject to hydrolysis) is 2. The van der Waals surface area contributed by atoms with Gasteiger partial charge in [0, 0.05) is 50.3 Å². The molecular weight excluding hydrogens is 758 g/mol. The van der Waals surface area contributed by atoms with Gasteiger partial charge in [-0.05, 0) is 116 Å². The summed E-state index contributed by atoms with van der Waals surface area (Å²) in [5.41, 5.74) is 0.889. The average molecular weight is 835 g/mol. The molecule has 0 aliphatic heterocycles. The number of carbonyl (C=O) groups excluding carboxylic acids is 4. The first-order valence-electron chi connectivity index (χ1n) is 20.7. The maximum atomic E-state index is 12.3. The van der Waals surface area contributed by atoms with Crippen LogP contribution in [0.2, 0.25) is 26.2 Å². The first-order valence-corrected chi connectivity index (χ1v) is 26.9. The monoisotopic (exact) mass is 835 g/mol. The highest BCUT2D eigenvalue weighted by molar-refractivity contribution is 6.84. The van der Waals surface area contributed by atoms with Crippen LogP contribution in [0, 0.1) is 0 Å². The molecule has 0 aliphatic rings. The summed E-state index contributed by atoms with van der Waals surface area (Å²) in [4.78, 5) is 48.8. The topological polar surface area (TPSA) is 192 Å². The van der Waals surface area contributed by atoms with E-state index in [1.807, 2.05) is 53.9 Å². The molecule has 4 radical (unpaired) electrons. The van der Waals surface area contributed by atoms with Crippen LogP contribution >= 0.6 is 0 Å². The Hall–Kier alpha value is -3.32. The highest BCUT2D eigenvalue weighted by Crippen LogP contribution is 2.16. The van der Waals surface area contributed by atoms with E-state index in [-0.39, 0.29) is 48.7 Å². The fourth-order valence-corrected chi connectivity index (χ4v) is 13.3. The predicted octanol–water partition coefficient (Wildman–Crippen LogP) is 5.24. The van der Waals surface area contributed by atoms with Crippen LogP contribution in [-0.2, 0) is 13.6 Å². The van der Waals surface area contributed by atoms with Gasteiger partial charge in [0.15, 0.2) is 0 Å². The lowest BCUT2D eigenvalue weighted by Gasteiger charge is -2.32. The highest BCUT2D eigenvalue weighted by Gasteiger charge is 2.35. The Morgan fingerprint density at radius 1 is 0.491 bits per heavy atom. The third kappa shape index (κ3) is 34.4. The van der Waals surface area contributed by atoms with E-state index in [0.29, 0.717) is 37.4 Å². The van der Waals surface area contributed by atoms with Gasteiger partial charge < -0.3 is 56.1 Å². The number of carbonyl (C=O) groups is 4. The second-order valence-corrected chi connectivity index (χ2v) is 24.8. The molecule has 0 aromatic heterocycles. The zero-order valence-corrected chi connectivity index (χ0v) is 38.5. The van der Waals surface area contributed by atoms with Gasteiger partial charge in [0.05, 0.1) is 0 Å². The number of amides is 6. The number of hydrogen-bond donors (Lipinski definition) is 8. The number of hydrogen-bond acceptors (Lipinski definition) is 9. The van der Waals surface area contributed by atoms with E-state index < -0.39 is 28.8 Å². The van der Waals surface area contributed by atoms with E-state index in [9.17, 15) is 19.2 Å². The Morgan fingerprint density at radius 2 is 0.772 bits per heavy atom. The van der Waals surface area contributed by atoms with Crippen LogP contribution in [-0.4, -0.2) is 119 Å². The summed E-state index contributed by atoms with van der Waals surface area (Å²) in [7, 11) is 6.38. The summed E-state index contributed by atoms with van der Waals surface area (Å²) in [6.07, 6.45) is 9.83. The van der Waals surface area contributed by atoms with E-state index in [4.69, 9.17) is 29.3 Å². The van der Waals surface area contributed by atoms with Gasteiger partial charge >= 0.3 is 24.2 Å². The van der Waals surface area contributed by atoms with E-state index in [0.717, 1.165) is 77.0 Å². The standard InChI is InChI=1S/C38H76B2N8O7Si2/c1-29(45-33(5)39)19-21-31(3)47-35(49)41-23-15-11-13-17-25-43-37(51)53-27-56(7,8)55-57(9,10)28-54-38(52)44-26-18-14-12-16-24-42-36(50)48-32(4)22-20-30(2)46-34(6)40/h29-32,45-46H,5-6,11-28H2,1-4,7-10H3,(H,43,51)(H,44,52)(H2,41,47,49)(H2,42,48,50). The Bertz CT molecular complexity index is 1120. The second-order valence-electron chi connectivity index (χ2n) is 16.4. The zero-order chi connectivity index (χ0) is 43.3. The average Bonchev–Trinajstić information content (AvgIpc) is 3.09. The molecule has 0 spiro atoms. The maximum Gasteiger partial charge on any atom is 0.406 e. The van der Waals surface area contributed by atoms with Crippen LogP contribution in [0.4, 0.5) is 19.2 Å². The molecule has 0 aliphatic carbocycles. The fraction of sp³-hybridized carbons (Fsp3) is 0.789. The quantitative estimate of drug-likeness (QED) is 0.0331. The number of ether oxygens (including phenoxy) is 2. The Balaban J connectivity index is 3.95. The predicted molar refractivity (Wildman–Crippen MR) is 237 cm³/mol. The smallest absolute Gasteiger partial charge is 0.406 e. The molecule has 4 unspecified atom stereocenters. The lowest BCUT2D eigenvalue weighted by atomic mass is 10.0. The van der Waals surface area contributed by atoms with Gasteiger partial charge in [-0.2, -0.15) is 0 Å². The van der Waals surface area contributed by atoms with Crippen molar-refractivity contribution in [2.45, 2.75) is 155 Å². The molecule has 6 amide bonds. The summed E-state index contributed by atoms with van der Waals surface area (Å²) in [6, 6.07) is 0.144. The summed E-state index contributed by atoms with van der Waals surface area (Å²) in [5.74, 6) is 0. The largest absolute Gasteiger partial charge is 0.451 e. The molecule has 0 rings (SSSR count). The molecule has 0 aromatic carbocycles. The van der Waals surface area contributed by atoms with Gasteiger partial charge in [-0.3, -0.25) is 0 Å². The molecule has 0 saturated heterocycles. The highest BCUT2D eigenvalue weighted by atomic mass is 28.4. The van der Waals surface area contributed by atoms with Crippen molar-refractivity contribution in [1.29, 1.82) is 0 Å². The number of urea groups is 2. The zero-order valence-electron chi connectivity index (χ0n) is 36.5. The molecule has 0 saturated carbocycles. The van der Waals surface area contributed by atoms with Crippen LogP contribution in [0.15, 0.2) is 24.4 Å². The van der Waals surface area contributed by atoms with Crippen LogP contribution in [0.3, 0.4) is 0 Å². The van der Waals surface area contributed by atoms with Crippen molar-refractivity contribution in [1.82, 2.24) is 42.5 Å². The van der Waals surface area contributed by atoms with Crippen molar-refractivity contribution in [3.63, 3.8) is 0 Å². The van der Waals surface area contributed by atoms with Gasteiger partial charge in [0.1, 0.15) is 28.2 Å². The SMILES string of the molecule is [B]C(=C)NC(C)CCC(C)NC(=O)NCCCCCCNC(=O)OC[Si](C)(C)O[Si](C)(C)COC(=O)NCCCCCCNC(=O)NC(C)CCC(C)NC([B])=C. The lowest BCUT2D eigenvalue weighted by Crippen LogP contribution is -2.51. The van der Waals surface area contributed by atoms with Crippen molar-refractivity contribution in [3.8, 4) is 0 Å². The first kappa shape index (κ1) is 53.7. The molecule has 4 atom stereocenters. The first-order chi connectivity index (χ1) is 26.7. The van der Waals surface area contributed by atoms with Crippen molar-refractivity contribution < 1.29 is 32.8 Å². The van der Waals surface area contributed by atoms with Crippen molar-refractivity contribution >= 4 is 56.6 Å². The molecule has 0 aromatic rings. The van der Waals surface area contributed by atoms with Crippen molar-refractivity contribution in [2.24, 2.45) is 0 Å². The Labute approximate surface area is 349 Å². The molecule has 0 heterocycles. The Kier molecular flexibility index (Phi) is 28.9. The second kappa shape index (κ2) is 30.7. The van der Waals surface area contributed by atoms with Crippen molar-refractivity contribution in [2.75, 3.05) is 38.6 Å². The normalized spacial score (nSPS) is 13.5. The molecule has 15 nitrogen and oxygen atoms in total. The minimum Gasteiger partial charge on any atom is -0.451 e. The van der Waals surface area contributed by atoms with Crippen LogP contribution < -0.4 is 42.5 Å². The van der Waals surface area contributed by atoms with Gasteiger partial charge in [0.2, 0.25) is 16.6 Å². The Morgan fingerprint density at radius 3 is 1.07 bits per heavy atom. The van der Waals surface area contributed by atoms with E-state index in [2.05, 4.69) is 55.7 Å². The molecule has 19 heteroatoms. The van der Waals surface area contributed by atoms with Crippen molar-refractivity contribution in [3.05, 3.63) is 24.4 Å². The fourth-order valence-electron chi connectivity index (χ4n) is 5.85. The number of nitrogens with one attached hydrogen (secondary N) is 8. The molecule has 8 N–H and O–H groups in total. The molecule has 324 valence electrons. The summed E-state index contributed by atoms with van der Waals surface area (Å²) in [5, 5.41) is 23.4. The summed E-state index contributed by atoms with van der Waals surface area (Å²) in [6.45, 7) is 25.4. The maximum absolute atomic E-state index is 12.3. The van der Waals surface area contributed by atoms with E-state index in [1.54, 1.807) is 0 Å². The van der Waals surface area contributed by atoms with Crippen LogP contribution in [0.5, 0.6) is 0 Å². The lowest BCUT2D eigenvalue weighted by molar-refractivity contribution is 0.155. The molecular formula is C38H76B2N8O7Si2. The number of rotatable bonds is 32. The minimum absolute atomic E-state index is 0.0468. The van der Waals surface area contributed by atoms with E-state index >= 15 is 0 Å². The molecule has 0 bridgehead atoms. The molecule has 57 heavy (non-hydrogen) atoms. The van der Waals surface area contributed by atoms with Gasteiger partial charge in [-0.25, -0.2) is 19.2 Å². The van der Waals surface area contributed by atoms with E-state index in [1.165, 1.54) is 0 Å². The number of unbranched alkanes of at least 4 members (excludes halogenated alkanes) is 6. The molecule has 0 fully saturated rings. The summed E-state index contributed by atoms with van der Waals surface area (Å²) >= 11 is 0. The third-order valence-electron chi connectivity index (χ3n) is 8.66. The van der Waals surface area contributed by atoms with Gasteiger partial charge in [0.25, 0.3) is 0 Å². The van der Waals surface area contributed by atoms with Gasteiger partial charge in [-0.15, -0.1) is 0 Å². The van der Waals surface area contributed by atoms with Gasteiger partial charge in [-0.1, -0.05) is 38.8 Å².